The summed E-state index contributed by atoms with van der Waals surface area (Å²) in [6.45, 7) is 5.48. The summed E-state index contributed by atoms with van der Waals surface area (Å²) in [5.74, 6) is 1.80. The van der Waals surface area contributed by atoms with Crippen LogP contribution in [0.2, 0.25) is 5.02 Å². The van der Waals surface area contributed by atoms with Gasteiger partial charge >= 0.3 is 0 Å². The predicted molar refractivity (Wildman–Crippen MR) is 91.7 cm³/mol. The fourth-order valence-electron chi connectivity index (χ4n) is 2.62. The van der Waals surface area contributed by atoms with E-state index in [0.717, 1.165) is 25.1 Å². The third-order valence-corrected chi connectivity index (χ3v) is 4.54. The average molecular weight is 361 g/mol. The van der Waals surface area contributed by atoms with Crippen molar-refractivity contribution in [2.75, 3.05) is 26.3 Å². The molecule has 1 unspecified atom stereocenters. The number of carbonyl (C=O) groups excluding carboxylic acids is 1. The molecule has 23 heavy (non-hydrogen) atoms. The van der Waals surface area contributed by atoms with Gasteiger partial charge in [-0.25, -0.2) is 0 Å². The summed E-state index contributed by atoms with van der Waals surface area (Å²) in [6, 6.07) is 3.72. The van der Waals surface area contributed by atoms with Crippen LogP contribution < -0.4 is 20.1 Å². The van der Waals surface area contributed by atoms with Gasteiger partial charge < -0.3 is 20.1 Å². The Morgan fingerprint density at radius 3 is 2.83 bits per heavy atom. The van der Waals surface area contributed by atoms with E-state index in [1.54, 1.807) is 0 Å². The Kier molecular flexibility index (Phi) is 6.39. The van der Waals surface area contributed by atoms with Crippen molar-refractivity contribution in [1.82, 2.24) is 10.6 Å². The number of ether oxygens (including phenoxy) is 2. The van der Waals surface area contributed by atoms with Crippen LogP contribution in [0.4, 0.5) is 0 Å². The van der Waals surface area contributed by atoms with E-state index < -0.39 is 0 Å². The first-order valence-corrected chi connectivity index (χ1v) is 8.09. The third kappa shape index (κ3) is 4.22. The van der Waals surface area contributed by atoms with Gasteiger partial charge in [0.05, 0.1) is 18.2 Å². The van der Waals surface area contributed by atoms with E-state index in [-0.39, 0.29) is 24.2 Å². The molecule has 0 spiro atoms. The van der Waals surface area contributed by atoms with Crippen LogP contribution in [-0.2, 0) is 11.3 Å². The van der Waals surface area contributed by atoms with E-state index in [4.69, 9.17) is 21.1 Å². The second kappa shape index (κ2) is 8.08. The molecule has 2 heterocycles. The van der Waals surface area contributed by atoms with Crippen molar-refractivity contribution in [3.63, 3.8) is 0 Å². The van der Waals surface area contributed by atoms with Crippen molar-refractivity contribution in [2.45, 2.75) is 19.9 Å². The fourth-order valence-corrected chi connectivity index (χ4v) is 2.90. The van der Waals surface area contributed by atoms with E-state index in [2.05, 4.69) is 10.6 Å². The van der Waals surface area contributed by atoms with Crippen molar-refractivity contribution >= 4 is 29.9 Å². The lowest BCUT2D eigenvalue weighted by atomic mass is 9.88. The highest BCUT2D eigenvalue weighted by atomic mass is 35.5. The van der Waals surface area contributed by atoms with Crippen molar-refractivity contribution in [3.05, 3.63) is 22.7 Å². The maximum absolute atomic E-state index is 12.2. The number of carbonyl (C=O) groups is 1. The van der Waals surface area contributed by atoms with E-state index in [0.29, 0.717) is 42.2 Å². The van der Waals surface area contributed by atoms with Gasteiger partial charge in [0.15, 0.2) is 11.5 Å². The first kappa shape index (κ1) is 18.2. The van der Waals surface area contributed by atoms with Crippen LogP contribution in [0.5, 0.6) is 11.5 Å². The summed E-state index contributed by atoms with van der Waals surface area (Å²) < 4.78 is 11.3. The molecule has 1 saturated heterocycles. The number of halogens is 2. The van der Waals surface area contributed by atoms with Crippen LogP contribution in [0.1, 0.15) is 18.9 Å². The number of hydrogen-bond donors (Lipinski definition) is 2. The van der Waals surface area contributed by atoms with Gasteiger partial charge in [-0.3, -0.25) is 4.79 Å². The Labute approximate surface area is 147 Å². The summed E-state index contributed by atoms with van der Waals surface area (Å²) in [7, 11) is 0. The molecule has 1 amide bonds. The standard InChI is InChI=1S/C16H21ClN2O3.ClH/c1-10(12-8-18-9-12)16(20)19-7-11-5-13(17)15-14(6-11)21-3-2-4-22-15;/h5-6,10,12,18H,2-4,7-9H2,1H3,(H,19,20);1H. The lowest BCUT2D eigenvalue weighted by molar-refractivity contribution is -0.126. The predicted octanol–water partition coefficient (Wildman–Crippen LogP) is 2.39. The molecule has 5 nitrogen and oxygen atoms in total. The minimum atomic E-state index is 0. The van der Waals surface area contributed by atoms with E-state index in [1.807, 2.05) is 19.1 Å². The van der Waals surface area contributed by atoms with Crippen LogP contribution in [0.3, 0.4) is 0 Å². The Morgan fingerprint density at radius 1 is 1.39 bits per heavy atom. The first-order valence-electron chi connectivity index (χ1n) is 7.71. The monoisotopic (exact) mass is 360 g/mol. The maximum Gasteiger partial charge on any atom is 0.223 e. The largest absolute Gasteiger partial charge is 0.489 e. The number of fused-ring (bicyclic) bond motifs is 1. The summed E-state index contributed by atoms with van der Waals surface area (Å²) >= 11 is 6.25. The molecule has 1 atom stereocenters. The van der Waals surface area contributed by atoms with Gasteiger partial charge in [-0.05, 0) is 36.7 Å². The fraction of sp³-hybridized carbons (Fsp3) is 0.562. The van der Waals surface area contributed by atoms with Crippen molar-refractivity contribution in [2.24, 2.45) is 11.8 Å². The average Bonchev–Trinajstić information content (AvgIpc) is 2.68. The normalized spacial score (nSPS) is 18.2. The molecular formula is C16H22Cl2N2O3. The molecule has 0 aliphatic carbocycles. The van der Waals surface area contributed by atoms with E-state index >= 15 is 0 Å². The van der Waals surface area contributed by atoms with Crippen LogP contribution in [0, 0.1) is 11.8 Å². The smallest absolute Gasteiger partial charge is 0.223 e. The summed E-state index contributed by atoms with van der Waals surface area (Å²) in [6.07, 6.45) is 0.837. The molecular weight excluding hydrogens is 339 g/mol. The van der Waals surface area contributed by atoms with E-state index in [9.17, 15) is 4.79 Å². The highest BCUT2D eigenvalue weighted by Gasteiger charge is 2.28. The number of hydrogen-bond acceptors (Lipinski definition) is 4. The molecule has 0 saturated carbocycles. The van der Waals surface area contributed by atoms with Gasteiger partial charge in [0.25, 0.3) is 0 Å². The summed E-state index contributed by atoms with van der Waals surface area (Å²) in [5, 5.41) is 6.69. The van der Waals surface area contributed by atoms with Crippen molar-refractivity contribution in [3.8, 4) is 11.5 Å². The molecule has 3 rings (SSSR count). The molecule has 0 bridgehead atoms. The zero-order valence-electron chi connectivity index (χ0n) is 13.1. The molecule has 0 aromatic heterocycles. The zero-order valence-corrected chi connectivity index (χ0v) is 14.6. The molecule has 2 aliphatic heterocycles. The second-order valence-electron chi connectivity index (χ2n) is 5.88. The lowest BCUT2D eigenvalue weighted by Crippen LogP contribution is -2.49. The highest BCUT2D eigenvalue weighted by molar-refractivity contribution is 6.32. The zero-order chi connectivity index (χ0) is 15.5. The molecule has 7 heteroatoms. The minimum absolute atomic E-state index is 0. The van der Waals surface area contributed by atoms with Crippen molar-refractivity contribution < 1.29 is 14.3 Å². The molecule has 1 aromatic carbocycles. The molecule has 1 aromatic rings. The first-order chi connectivity index (χ1) is 10.6. The van der Waals surface area contributed by atoms with Gasteiger partial charge in [-0.2, -0.15) is 0 Å². The van der Waals surface area contributed by atoms with E-state index in [1.165, 1.54) is 0 Å². The van der Waals surface area contributed by atoms with Crippen molar-refractivity contribution in [1.29, 1.82) is 0 Å². The van der Waals surface area contributed by atoms with Gasteiger partial charge in [0.1, 0.15) is 0 Å². The third-order valence-electron chi connectivity index (χ3n) is 4.26. The quantitative estimate of drug-likeness (QED) is 0.865. The topological polar surface area (TPSA) is 59.6 Å². The Morgan fingerprint density at radius 2 is 2.13 bits per heavy atom. The molecule has 2 aliphatic rings. The Balaban J connectivity index is 0.00000192. The molecule has 0 radical (unpaired) electrons. The maximum atomic E-state index is 12.2. The molecule has 1 fully saturated rings. The van der Waals surface area contributed by atoms with Gasteiger partial charge in [-0.15, -0.1) is 12.4 Å². The van der Waals surface area contributed by atoms with Gasteiger partial charge in [-0.1, -0.05) is 18.5 Å². The van der Waals surface area contributed by atoms with Crippen LogP contribution >= 0.6 is 24.0 Å². The van der Waals surface area contributed by atoms with Gasteiger partial charge in [0, 0.05) is 18.9 Å². The summed E-state index contributed by atoms with van der Waals surface area (Å²) in [4.78, 5) is 12.2. The van der Waals surface area contributed by atoms with Gasteiger partial charge in [0.2, 0.25) is 5.91 Å². The summed E-state index contributed by atoms with van der Waals surface area (Å²) in [5.41, 5.74) is 0.918. The Hall–Kier alpha value is -1.17. The number of amides is 1. The number of rotatable bonds is 4. The molecule has 128 valence electrons. The lowest BCUT2D eigenvalue weighted by Gasteiger charge is -2.31. The molecule has 2 N–H and O–H groups in total. The number of benzene rings is 1. The highest BCUT2D eigenvalue weighted by Crippen LogP contribution is 2.37. The second-order valence-corrected chi connectivity index (χ2v) is 6.29. The SMILES string of the molecule is CC(C(=O)NCc1cc(Cl)c2c(c1)OCCCO2)C1CNC1.Cl. The minimum Gasteiger partial charge on any atom is -0.489 e. The van der Waals surface area contributed by atoms with Crippen LogP contribution in [-0.4, -0.2) is 32.2 Å². The Bertz CT molecular complexity index is 565. The van der Waals surface area contributed by atoms with Crippen LogP contribution in [0.25, 0.3) is 0 Å². The van der Waals surface area contributed by atoms with Crippen LogP contribution in [0.15, 0.2) is 12.1 Å². The number of nitrogens with one attached hydrogen (secondary N) is 2.